The van der Waals surface area contributed by atoms with E-state index in [1.807, 2.05) is 0 Å². The van der Waals surface area contributed by atoms with E-state index in [4.69, 9.17) is 19.6 Å². The Morgan fingerprint density at radius 2 is 0.970 bits per heavy atom. The SMILES string of the molecule is O=C1C2C3CCC(C2C(=O)N1COP(=O)(O)O)C1C2C(=O)N(COP(=O)(O)O)C(=O)C2C31.[Na+]. The summed E-state index contributed by atoms with van der Waals surface area (Å²) in [7, 11) is -9.80. The monoisotopic (exact) mass is 517 g/mol. The second kappa shape index (κ2) is 8.28. The van der Waals surface area contributed by atoms with Crippen molar-refractivity contribution in [1.29, 1.82) is 0 Å². The van der Waals surface area contributed by atoms with E-state index in [9.17, 15) is 28.3 Å². The summed E-state index contributed by atoms with van der Waals surface area (Å²) in [6.07, 6.45) is 1.12. The van der Waals surface area contributed by atoms with Gasteiger partial charge in [0, 0.05) is 0 Å². The summed E-state index contributed by atoms with van der Waals surface area (Å²) in [5.41, 5.74) is 0. The maximum atomic E-state index is 13.0. The summed E-state index contributed by atoms with van der Waals surface area (Å²) in [6.45, 7) is -1.75. The van der Waals surface area contributed by atoms with E-state index in [0.717, 1.165) is 0 Å². The van der Waals surface area contributed by atoms with Gasteiger partial charge in [-0.15, -0.1) is 0 Å². The molecule has 4 amide bonds. The number of hydrogen-bond acceptors (Lipinski definition) is 8. The van der Waals surface area contributed by atoms with Crippen molar-refractivity contribution in [2.24, 2.45) is 47.3 Å². The van der Waals surface area contributed by atoms with E-state index in [1.54, 1.807) is 0 Å². The number of rotatable bonds is 6. The number of hydrogen-bond donors (Lipinski definition) is 4. The summed E-state index contributed by atoms with van der Waals surface area (Å²) in [6, 6.07) is 0. The second-order valence-corrected chi connectivity index (χ2v) is 11.3. The van der Waals surface area contributed by atoms with Crippen molar-refractivity contribution in [2.45, 2.75) is 12.8 Å². The van der Waals surface area contributed by atoms with Gasteiger partial charge < -0.3 is 19.6 Å². The van der Waals surface area contributed by atoms with Crippen LogP contribution in [0.3, 0.4) is 0 Å². The Hall–Kier alpha value is -0.500. The van der Waals surface area contributed by atoms with Gasteiger partial charge in [-0.2, -0.15) is 0 Å². The number of amides is 4. The Balaban J connectivity index is 0.00000259. The van der Waals surface area contributed by atoms with E-state index < -0.39 is 76.4 Å². The fourth-order valence-electron chi connectivity index (χ4n) is 6.82. The molecule has 6 aliphatic rings. The molecular weight excluding hydrogens is 497 g/mol. The van der Waals surface area contributed by atoms with Gasteiger partial charge in [0.1, 0.15) is 13.5 Å². The average Bonchev–Trinajstić information content (AvgIpc) is 3.02. The topological polar surface area (TPSA) is 208 Å². The first kappa shape index (κ1) is 25.6. The van der Waals surface area contributed by atoms with Gasteiger partial charge in [0.2, 0.25) is 23.6 Å². The number of phosphoric acid groups is 2. The van der Waals surface area contributed by atoms with Crippen molar-refractivity contribution < 1.29 is 86.5 Å². The molecule has 0 aromatic heterocycles. The molecule has 2 aliphatic heterocycles. The average molecular weight is 517 g/mol. The van der Waals surface area contributed by atoms with Crippen LogP contribution >= 0.6 is 15.6 Å². The third-order valence-electron chi connectivity index (χ3n) is 7.71. The van der Waals surface area contributed by atoms with Crippen LogP contribution in [0.5, 0.6) is 0 Å². The first-order valence-electron chi connectivity index (χ1n) is 9.92. The largest absolute Gasteiger partial charge is 1.00 e. The molecular formula is C16H20N2NaO12P2+. The van der Waals surface area contributed by atoms with Crippen molar-refractivity contribution in [3.05, 3.63) is 0 Å². The van der Waals surface area contributed by atoms with Gasteiger partial charge in [-0.25, -0.2) is 9.13 Å². The molecule has 14 nitrogen and oxygen atoms in total. The molecule has 8 atom stereocenters. The van der Waals surface area contributed by atoms with Crippen molar-refractivity contribution in [3.8, 4) is 0 Å². The van der Waals surface area contributed by atoms with Crippen LogP contribution in [0.2, 0.25) is 0 Å². The molecule has 6 rings (SSSR count). The maximum absolute atomic E-state index is 13.0. The zero-order valence-corrected chi connectivity index (χ0v) is 21.1. The quantitative estimate of drug-likeness (QED) is 0.150. The van der Waals surface area contributed by atoms with Crippen molar-refractivity contribution in [1.82, 2.24) is 9.80 Å². The number of carbonyl (C=O) groups excluding carboxylic acids is 4. The van der Waals surface area contributed by atoms with E-state index in [0.29, 0.717) is 22.6 Å². The molecule has 33 heavy (non-hydrogen) atoms. The van der Waals surface area contributed by atoms with Gasteiger partial charge in [0.05, 0.1) is 23.7 Å². The third-order valence-corrected chi connectivity index (χ3v) is 8.61. The molecule has 2 bridgehead atoms. The molecule has 4 saturated carbocycles. The van der Waals surface area contributed by atoms with Crippen LogP contribution in [0.1, 0.15) is 12.8 Å². The van der Waals surface area contributed by atoms with Crippen LogP contribution in [-0.4, -0.2) is 66.5 Å². The van der Waals surface area contributed by atoms with Gasteiger partial charge in [0.25, 0.3) is 0 Å². The summed E-state index contributed by atoms with van der Waals surface area (Å²) in [4.78, 5) is 88.6. The van der Waals surface area contributed by atoms with Gasteiger partial charge >= 0.3 is 45.2 Å². The molecule has 8 unspecified atom stereocenters. The van der Waals surface area contributed by atoms with Gasteiger partial charge in [-0.05, 0) is 36.5 Å². The zero-order chi connectivity index (χ0) is 23.3. The normalized spacial score (nSPS) is 39.3. The Bertz CT molecular complexity index is 969. The minimum absolute atomic E-state index is 0. The van der Waals surface area contributed by atoms with Crippen LogP contribution in [0, 0.1) is 47.3 Å². The van der Waals surface area contributed by atoms with E-state index >= 15 is 0 Å². The van der Waals surface area contributed by atoms with Crippen LogP contribution in [0.4, 0.5) is 0 Å². The number of phosphoric ester groups is 2. The maximum Gasteiger partial charge on any atom is 1.00 e. The molecule has 17 heteroatoms. The predicted octanol–water partition coefficient (Wildman–Crippen LogP) is -4.39. The van der Waals surface area contributed by atoms with E-state index in [-0.39, 0.29) is 53.2 Å². The molecule has 0 aromatic carbocycles. The van der Waals surface area contributed by atoms with E-state index in [1.165, 1.54) is 0 Å². The number of imide groups is 2. The Morgan fingerprint density at radius 1 is 0.667 bits per heavy atom. The smallest absolute Gasteiger partial charge is 0.303 e. The minimum atomic E-state index is -4.90. The van der Waals surface area contributed by atoms with Gasteiger partial charge in [-0.3, -0.25) is 38.0 Å². The fraction of sp³-hybridized carbons (Fsp3) is 0.750. The Kier molecular flexibility index (Phi) is 6.42. The van der Waals surface area contributed by atoms with Gasteiger partial charge in [-0.1, -0.05) is 0 Å². The van der Waals surface area contributed by atoms with Crippen LogP contribution in [0.25, 0.3) is 0 Å². The third kappa shape index (κ3) is 3.84. The number of likely N-dealkylation sites (tertiary alicyclic amines) is 2. The molecule has 0 aromatic rings. The van der Waals surface area contributed by atoms with Crippen LogP contribution in [-0.2, 0) is 37.4 Å². The van der Waals surface area contributed by atoms with Crippen molar-refractivity contribution in [2.75, 3.05) is 13.5 Å². The molecule has 2 saturated heterocycles. The summed E-state index contributed by atoms with van der Waals surface area (Å²) < 4.78 is 30.7. The Labute approximate surface area is 208 Å². The van der Waals surface area contributed by atoms with Crippen molar-refractivity contribution >= 4 is 39.3 Å². The second-order valence-electron chi connectivity index (χ2n) is 8.87. The standard InChI is InChI=1S/C16H20N2O12P2.Na/c19-13-9-5-1-2-6(10(9)14(20)17(13)3-29-31(23,24)25)8-7(5)11-12(8)16(22)18(15(11)21)4-30-32(26,27)28;/h5-12H,1-4H2,(H2,23,24,25)(H2,26,27,28);/q;+1. The molecule has 6 fully saturated rings. The van der Waals surface area contributed by atoms with Crippen molar-refractivity contribution in [3.63, 3.8) is 0 Å². The van der Waals surface area contributed by atoms with Gasteiger partial charge in [0.15, 0.2) is 0 Å². The molecule has 0 radical (unpaired) electrons. The predicted molar refractivity (Wildman–Crippen MR) is 96.9 cm³/mol. The number of carbonyl (C=O) groups is 4. The molecule has 176 valence electrons. The first-order chi connectivity index (χ1) is 14.8. The van der Waals surface area contributed by atoms with Crippen LogP contribution < -0.4 is 29.6 Å². The summed E-state index contributed by atoms with van der Waals surface area (Å²) >= 11 is 0. The molecule has 2 heterocycles. The number of nitrogens with zero attached hydrogens (tertiary/aromatic N) is 2. The molecule has 4 aliphatic carbocycles. The number of fused-ring (bicyclic) bond motifs is 2. The first-order valence-corrected chi connectivity index (χ1v) is 13.0. The molecule has 4 N–H and O–H groups in total. The summed E-state index contributed by atoms with van der Waals surface area (Å²) in [5, 5.41) is 0. The summed E-state index contributed by atoms with van der Waals surface area (Å²) in [5.74, 6) is -6.86. The minimum Gasteiger partial charge on any atom is -0.303 e. The fourth-order valence-corrected chi connectivity index (χ4v) is 7.36. The Morgan fingerprint density at radius 3 is 1.27 bits per heavy atom. The zero-order valence-electron chi connectivity index (χ0n) is 17.3. The van der Waals surface area contributed by atoms with E-state index in [2.05, 4.69) is 9.05 Å². The van der Waals surface area contributed by atoms with Crippen LogP contribution in [0.15, 0.2) is 0 Å². The molecule has 0 spiro atoms.